The topological polar surface area (TPSA) is 25.8 Å². The molecule has 0 saturated heterocycles. The van der Waals surface area contributed by atoms with Gasteiger partial charge in [0.25, 0.3) is 0 Å². The van der Waals surface area contributed by atoms with Crippen LogP contribution < -0.4 is 0 Å². The van der Waals surface area contributed by atoms with Crippen molar-refractivity contribution in [3.63, 3.8) is 0 Å². The van der Waals surface area contributed by atoms with Gasteiger partial charge in [-0.3, -0.25) is 0 Å². The third-order valence-corrected chi connectivity index (χ3v) is 4.13. The van der Waals surface area contributed by atoms with E-state index in [9.17, 15) is 0 Å². The Morgan fingerprint density at radius 2 is 1.57 bits per heavy atom. The molecule has 0 aliphatic rings. The molecule has 1 heterocycles. The van der Waals surface area contributed by atoms with Crippen LogP contribution in [0.25, 0.3) is 22.3 Å². The van der Waals surface area contributed by atoms with Crippen molar-refractivity contribution in [3.8, 4) is 11.4 Å². The predicted molar refractivity (Wildman–Crippen MR) is 89.2 cm³/mol. The molecular formula is C17H14Cl2N2. The van der Waals surface area contributed by atoms with Crippen LogP contribution in [0.5, 0.6) is 0 Å². The Labute approximate surface area is 133 Å². The van der Waals surface area contributed by atoms with Crippen LogP contribution >= 0.6 is 23.2 Å². The van der Waals surface area contributed by atoms with Crippen LogP contribution in [-0.2, 0) is 0 Å². The summed E-state index contributed by atoms with van der Waals surface area (Å²) in [6.45, 7) is 6.06. The first kappa shape index (κ1) is 14.3. The van der Waals surface area contributed by atoms with Crippen molar-refractivity contribution >= 4 is 34.1 Å². The van der Waals surface area contributed by atoms with E-state index in [1.165, 1.54) is 0 Å². The molecule has 0 unspecified atom stereocenters. The van der Waals surface area contributed by atoms with Crippen molar-refractivity contribution in [2.75, 3.05) is 0 Å². The summed E-state index contributed by atoms with van der Waals surface area (Å²) >= 11 is 12.7. The van der Waals surface area contributed by atoms with Crippen LogP contribution in [0.3, 0.4) is 0 Å². The maximum absolute atomic E-state index is 6.35. The fraction of sp³-hybridized carbons (Fsp3) is 0.176. The minimum Gasteiger partial charge on any atom is -0.226 e. The van der Waals surface area contributed by atoms with Gasteiger partial charge < -0.3 is 0 Å². The average molecular weight is 317 g/mol. The molecule has 3 rings (SSSR count). The zero-order chi connectivity index (χ0) is 15.1. The summed E-state index contributed by atoms with van der Waals surface area (Å²) in [5.41, 5.74) is 4.98. The normalized spacial score (nSPS) is 11.1. The molecule has 0 N–H and O–H groups in total. The van der Waals surface area contributed by atoms with Crippen LogP contribution in [0.4, 0.5) is 0 Å². The molecule has 106 valence electrons. The first-order valence-corrected chi connectivity index (χ1v) is 7.43. The number of fused-ring (bicyclic) bond motifs is 1. The molecule has 0 aliphatic heterocycles. The van der Waals surface area contributed by atoms with E-state index in [4.69, 9.17) is 23.2 Å². The average Bonchev–Trinajstić information content (AvgIpc) is 2.40. The molecule has 0 fully saturated rings. The van der Waals surface area contributed by atoms with Crippen molar-refractivity contribution < 1.29 is 0 Å². The fourth-order valence-electron chi connectivity index (χ4n) is 2.57. The Bertz CT molecular complexity index is 837. The van der Waals surface area contributed by atoms with Crippen LogP contribution in [-0.4, -0.2) is 9.97 Å². The molecule has 2 aromatic carbocycles. The predicted octanol–water partition coefficient (Wildman–Crippen LogP) is 5.53. The van der Waals surface area contributed by atoms with E-state index in [0.29, 0.717) is 21.5 Å². The van der Waals surface area contributed by atoms with Gasteiger partial charge in [0.1, 0.15) is 5.15 Å². The number of hydrogen-bond acceptors (Lipinski definition) is 2. The molecule has 21 heavy (non-hydrogen) atoms. The summed E-state index contributed by atoms with van der Waals surface area (Å²) in [6, 6.07) is 9.95. The van der Waals surface area contributed by atoms with E-state index in [2.05, 4.69) is 9.97 Å². The zero-order valence-corrected chi connectivity index (χ0v) is 13.5. The Balaban J connectivity index is 2.36. The second-order valence-corrected chi connectivity index (χ2v) is 6.01. The highest BCUT2D eigenvalue weighted by Crippen LogP contribution is 2.32. The van der Waals surface area contributed by atoms with Crippen molar-refractivity contribution in [2.24, 2.45) is 0 Å². The SMILES string of the molecule is Cc1cc(Cl)c2nc(-c3c(C)cccc3C)nc(Cl)c2c1. The van der Waals surface area contributed by atoms with Gasteiger partial charge in [-0.1, -0.05) is 41.4 Å². The van der Waals surface area contributed by atoms with E-state index >= 15 is 0 Å². The maximum atomic E-state index is 6.35. The molecule has 0 aliphatic carbocycles. The molecule has 0 spiro atoms. The monoisotopic (exact) mass is 316 g/mol. The summed E-state index contributed by atoms with van der Waals surface area (Å²) in [6.07, 6.45) is 0. The lowest BCUT2D eigenvalue weighted by molar-refractivity contribution is 1.20. The maximum Gasteiger partial charge on any atom is 0.162 e. The number of benzene rings is 2. The Morgan fingerprint density at radius 1 is 0.905 bits per heavy atom. The second kappa shape index (κ2) is 5.28. The Kier molecular flexibility index (Phi) is 3.60. The lowest BCUT2D eigenvalue weighted by Gasteiger charge is -2.11. The number of hydrogen-bond donors (Lipinski definition) is 0. The second-order valence-electron chi connectivity index (χ2n) is 5.25. The van der Waals surface area contributed by atoms with Crippen LogP contribution in [0.2, 0.25) is 10.2 Å². The van der Waals surface area contributed by atoms with Gasteiger partial charge in [-0.05, 0) is 49.6 Å². The number of aromatic nitrogens is 2. The number of rotatable bonds is 1. The molecule has 3 aromatic rings. The molecule has 0 amide bonds. The van der Waals surface area contributed by atoms with Crippen LogP contribution in [0.1, 0.15) is 16.7 Å². The van der Waals surface area contributed by atoms with Gasteiger partial charge in [-0.2, -0.15) is 0 Å². The summed E-state index contributed by atoms with van der Waals surface area (Å²) < 4.78 is 0. The van der Waals surface area contributed by atoms with Crippen molar-refractivity contribution in [1.82, 2.24) is 9.97 Å². The molecular weight excluding hydrogens is 303 g/mol. The van der Waals surface area contributed by atoms with E-state index < -0.39 is 0 Å². The molecule has 0 atom stereocenters. The number of aryl methyl sites for hydroxylation is 3. The largest absolute Gasteiger partial charge is 0.226 e. The van der Waals surface area contributed by atoms with E-state index in [1.807, 2.05) is 51.1 Å². The van der Waals surface area contributed by atoms with E-state index in [0.717, 1.165) is 27.6 Å². The standard InChI is InChI=1S/C17H14Cl2N2/c1-9-7-12-15(13(18)8-9)20-17(21-16(12)19)14-10(2)5-4-6-11(14)3/h4-8H,1-3H3. The van der Waals surface area contributed by atoms with E-state index in [-0.39, 0.29) is 0 Å². The Hall–Kier alpha value is -1.64. The molecule has 0 saturated carbocycles. The van der Waals surface area contributed by atoms with Crippen molar-refractivity contribution in [1.29, 1.82) is 0 Å². The summed E-state index contributed by atoms with van der Waals surface area (Å²) in [5.74, 6) is 0.619. The number of halogens is 2. The van der Waals surface area contributed by atoms with Gasteiger partial charge in [-0.15, -0.1) is 0 Å². The van der Waals surface area contributed by atoms with Gasteiger partial charge >= 0.3 is 0 Å². The first-order chi connectivity index (χ1) is 9.97. The Morgan fingerprint density at radius 3 is 2.24 bits per heavy atom. The van der Waals surface area contributed by atoms with Crippen molar-refractivity contribution in [2.45, 2.75) is 20.8 Å². The van der Waals surface area contributed by atoms with Crippen molar-refractivity contribution in [3.05, 3.63) is 57.2 Å². The molecule has 0 bridgehead atoms. The minimum atomic E-state index is 0.434. The van der Waals surface area contributed by atoms with Gasteiger partial charge in [0.2, 0.25) is 0 Å². The fourth-order valence-corrected chi connectivity index (χ4v) is 3.11. The van der Waals surface area contributed by atoms with Crippen LogP contribution in [0, 0.1) is 20.8 Å². The summed E-state index contributed by atoms with van der Waals surface area (Å²) in [7, 11) is 0. The third kappa shape index (κ3) is 2.50. The van der Waals surface area contributed by atoms with Gasteiger partial charge in [0, 0.05) is 10.9 Å². The lowest BCUT2D eigenvalue weighted by atomic mass is 10.0. The van der Waals surface area contributed by atoms with Gasteiger partial charge in [0.15, 0.2) is 5.82 Å². The van der Waals surface area contributed by atoms with E-state index in [1.54, 1.807) is 0 Å². The highest BCUT2D eigenvalue weighted by atomic mass is 35.5. The lowest BCUT2D eigenvalue weighted by Crippen LogP contribution is -1.97. The molecule has 2 nitrogen and oxygen atoms in total. The highest BCUT2D eigenvalue weighted by Gasteiger charge is 2.14. The van der Waals surface area contributed by atoms with Gasteiger partial charge in [-0.25, -0.2) is 9.97 Å². The summed E-state index contributed by atoms with van der Waals surface area (Å²) in [5, 5.41) is 1.82. The highest BCUT2D eigenvalue weighted by molar-refractivity contribution is 6.38. The number of nitrogens with zero attached hydrogens (tertiary/aromatic N) is 2. The molecule has 4 heteroatoms. The zero-order valence-electron chi connectivity index (χ0n) is 12.0. The first-order valence-electron chi connectivity index (χ1n) is 6.67. The quantitative estimate of drug-likeness (QED) is 0.552. The third-order valence-electron chi connectivity index (χ3n) is 3.56. The minimum absolute atomic E-state index is 0.434. The van der Waals surface area contributed by atoms with Crippen LogP contribution in [0.15, 0.2) is 30.3 Å². The van der Waals surface area contributed by atoms with Gasteiger partial charge in [0.05, 0.1) is 10.5 Å². The molecule has 0 radical (unpaired) electrons. The summed E-state index contributed by atoms with van der Waals surface area (Å²) in [4.78, 5) is 9.11. The molecule has 1 aromatic heterocycles. The smallest absolute Gasteiger partial charge is 0.162 e.